The Hall–Kier alpha value is -2.19. The van der Waals surface area contributed by atoms with Gasteiger partial charge in [0.15, 0.2) is 5.13 Å². The van der Waals surface area contributed by atoms with Crippen LogP contribution in [-0.4, -0.2) is 52.6 Å². The Morgan fingerprint density at radius 2 is 2.04 bits per heavy atom. The number of carbonyl (C=O) groups excluding carboxylic acids is 2. The molecule has 4 rings (SSSR count). The second-order valence-corrected chi connectivity index (χ2v) is 8.38. The second-order valence-electron chi connectivity index (χ2n) is 7.54. The molecule has 0 N–H and O–H groups in total. The zero-order chi connectivity index (χ0) is 19.7. The van der Waals surface area contributed by atoms with Crippen molar-refractivity contribution in [3.8, 4) is 0 Å². The van der Waals surface area contributed by atoms with Gasteiger partial charge >= 0.3 is 5.97 Å². The fraction of sp³-hybridized carbons (Fsp3) is 0.550. The van der Waals surface area contributed by atoms with Gasteiger partial charge in [0, 0.05) is 50.2 Å². The van der Waals surface area contributed by atoms with Gasteiger partial charge in [0.25, 0.3) is 0 Å². The zero-order valence-corrected chi connectivity index (χ0v) is 17.2. The molecule has 0 bridgehead atoms. The fourth-order valence-electron chi connectivity index (χ4n) is 3.93. The van der Waals surface area contributed by atoms with E-state index in [9.17, 15) is 9.59 Å². The maximum atomic E-state index is 11.9. The van der Waals surface area contributed by atoms with Crippen molar-refractivity contribution in [2.24, 2.45) is 0 Å². The van der Waals surface area contributed by atoms with Crippen LogP contribution in [0.2, 0.25) is 0 Å². The van der Waals surface area contributed by atoms with Crippen LogP contribution >= 0.6 is 11.3 Å². The van der Waals surface area contributed by atoms with Crippen molar-refractivity contribution in [1.82, 2.24) is 14.5 Å². The smallest absolute Gasteiger partial charge is 0.354 e. The van der Waals surface area contributed by atoms with Gasteiger partial charge in [-0.05, 0) is 37.8 Å². The van der Waals surface area contributed by atoms with Gasteiger partial charge in [-0.15, -0.1) is 11.3 Å². The predicted molar refractivity (Wildman–Crippen MR) is 108 cm³/mol. The number of carbonyl (C=O) groups is 2. The maximum absolute atomic E-state index is 11.9. The van der Waals surface area contributed by atoms with Gasteiger partial charge in [-0.2, -0.15) is 0 Å². The van der Waals surface area contributed by atoms with Crippen LogP contribution in [0.25, 0.3) is 0 Å². The van der Waals surface area contributed by atoms with Gasteiger partial charge in [0.05, 0.1) is 12.8 Å². The SMILES string of the molecule is COC(=O)c1cccn1C1CCN(Cc2csc(N(C(C)=O)C3CC3)n2)CC1. The molecule has 1 aliphatic carbocycles. The Morgan fingerprint density at radius 3 is 2.68 bits per heavy atom. The van der Waals surface area contributed by atoms with Gasteiger partial charge < -0.3 is 9.30 Å². The third-order valence-electron chi connectivity index (χ3n) is 5.51. The van der Waals surface area contributed by atoms with Crippen LogP contribution in [0.5, 0.6) is 0 Å². The van der Waals surface area contributed by atoms with Gasteiger partial charge in [0.2, 0.25) is 5.91 Å². The molecule has 2 fully saturated rings. The number of hydrogen-bond donors (Lipinski definition) is 0. The van der Waals surface area contributed by atoms with Gasteiger partial charge in [-0.1, -0.05) is 0 Å². The molecule has 28 heavy (non-hydrogen) atoms. The van der Waals surface area contributed by atoms with E-state index in [0.717, 1.165) is 56.1 Å². The van der Waals surface area contributed by atoms with E-state index in [-0.39, 0.29) is 11.9 Å². The van der Waals surface area contributed by atoms with E-state index < -0.39 is 0 Å². The third-order valence-corrected chi connectivity index (χ3v) is 6.40. The highest BCUT2D eigenvalue weighted by Crippen LogP contribution is 2.34. The normalized spacial score (nSPS) is 18.2. The first-order valence-electron chi connectivity index (χ1n) is 9.78. The number of hydrogen-bond acceptors (Lipinski definition) is 6. The summed E-state index contributed by atoms with van der Waals surface area (Å²) in [5, 5.41) is 2.90. The Labute approximate surface area is 168 Å². The Bertz CT molecular complexity index is 849. The lowest BCUT2D eigenvalue weighted by Crippen LogP contribution is -2.35. The molecule has 3 heterocycles. The number of rotatable bonds is 6. The number of ether oxygens (including phenoxy) is 1. The summed E-state index contributed by atoms with van der Waals surface area (Å²) >= 11 is 1.56. The van der Waals surface area contributed by atoms with Crippen molar-refractivity contribution in [1.29, 1.82) is 0 Å². The van der Waals surface area contributed by atoms with Crippen molar-refractivity contribution in [2.75, 3.05) is 25.1 Å². The third kappa shape index (κ3) is 3.98. The molecule has 7 nitrogen and oxygen atoms in total. The summed E-state index contributed by atoms with van der Waals surface area (Å²) in [6, 6.07) is 4.37. The highest BCUT2D eigenvalue weighted by Gasteiger charge is 2.34. The Kier molecular flexibility index (Phi) is 5.50. The van der Waals surface area contributed by atoms with E-state index in [1.54, 1.807) is 18.3 Å². The molecule has 8 heteroatoms. The first-order chi connectivity index (χ1) is 13.6. The van der Waals surface area contributed by atoms with Gasteiger partial charge in [-0.3, -0.25) is 14.6 Å². The summed E-state index contributed by atoms with van der Waals surface area (Å²) in [6.07, 6.45) is 6.09. The van der Waals surface area contributed by atoms with E-state index in [1.165, 1.54) is 7.11 Å². The predicted octanol–water partition coefficient (Wildman–Crippen LogP) is 3.08. The number of likely N-dealkylation sites (tertiary alicyclic amines) is 1. The van der Waals surface area contributed by atoms with Crippen LogP contribution in [0, 0.1) is 0 Å². The largest absolute Gasteiger partial charge is 0.464 e. The van der Waals surface area contributed by atoms with E-state index in [4.69, 9.17) is 9.72 Å². The lowest BCUT2D eigenvalue weighted by atomic mass is 10.0. The van der Waals surface area contributed by atoms with E-state index in [2.05, 4.69) is 10.3 Å². The monoisotopic (exact) mass is 402 g/mol. The first-order valence-corrected chi connectivity index (χ1v) is 10.7. The van der Waals surface area contributed by atoms with Crippen LogP contribution in [-0.2, 0) is 16.1 Å². The number of anilines is 1. The molecular weight excluding hydrogens is 376 g/mol. The molecule has 0 radical (unpaired) electrons. The van der Waals surface area contributed by atoms with Crippen molar-refractivity contribution in [2.45, 2.75) is 51.2 Å². The molecule has 1 amide bonds. The summed E-state index contributed by atoms with van der Waals surface area (Å²) in [7, 11) is 1.42. The topological polar surface area (TPSA) is 67.7 Å². The number of amides is 1. The minimum atomic E-state index is -0.284. The summed E-state index contributed by atoms with van der Waals surface area (Å²) in [5.74, 6) is -0.203. The van der Waals surface area contributed by atoms with Crippen molar-refractivity contribution < 1.29 is 14.3 Å². The number of aromatic nitrogens is 2. The molecule has 2 aliphatic rings. The Morgan fingerprint density at radius 1 is 1.29 bits per heavy atom. The molecular formula is C20H26N4O3S. The molecule has 0 spiro atoms. The molecule has 0 unspecified atom stereocenters. The Balaban J connectivity index is 1.35. The molecule has 150 valence electrons. The average Bonchev–Trinajstić information content (AvgIpc) is 3.20. The number of nitrogens with zero attached hydrogens (tertiary/aromatic N) is 4. The minimum Gasteiger partial charge on any atom is -0.464 e. The van der Waals surface area contributed by atoms with Crippen LogP contribution < -0.4 is 4.90 Å². The van der Waals surface area contributed by atoms with Crippen LogP contribution in [0.4, 0.5) is 5.13 Å². The first kappa shape index (κ1) is 19.1. The summed E-state index contributed by atoms with van der Waals surface area (Å²) in [4.78, 5) is 32.8. The van der Waals surface area contributed by atoms with Crippen molar-refractivity contribution >= 4 is 28.3 Å². The molecule has 0 atom stereocenters. The van der Waals surface area contributed by atoms with Crippen LogP contribution in [0.15, 0.2) is 23.7 Å². The summed E-state index contributed by atoms with van der Waals surface area (Å²) in [6.45, 7) is 4.33. The molecule has 1 saturated carbocycles. The number of methoxy groups -OCH3 is 1. The highest BCUT2D eigenvalue weighted by atomic mass is 32.1. The van der Waals surface area contributed by atoms with E-state index in [0.29, 0.717) is 17.8 Å². The molecule has 1 saturated heterocycles. The standard InChI is InChI=1S/C20H26N4O3S/c1-14(25)24(17-5-6-17)20-21-15(13-28-20)12-22-10-7-16(8-11-22)23-9-3-4-18(23)19(26)27-2/h3-4,9,13,16-17H,5-8,10-12H2,1-2H3. The fourth-order valence-corrected chi connectivity index (χ4v) is 4.86. The highest BCUT2D eigenvalue weighted by molar-refractivity contribution is 7.14. The van der Waals surface area contributed by atoms with Crippen molar-refractivity contribution in [3.63, 3.8) is 0 Å². The van der Waals surface area contributed by atoms with Crippen LogP contribution in [0.1, 0.15) is 54.8 Å². The lowest BCUT2D eigenvalue weighted by Gasteiger charge is -2.32. The lowest BCUT2D eigenvalue weighted by molar-refractivity contribution is -0.116. The second kappa shape index (κ2) is 8.05. The average molecular weight is 403 g/mol. The van der Waals surface area contributed by atoms with Gasteiger partial charge in [-0.25, -0.2) is 9.78 Å². The minimum absolute atomic E-state index is 0.0809. The number of thiazole rings is 1. The molecule has 2 aromatic heterocycles. The zero-order valence-electron chi connectivity index (χ0n) is 16.3. The maximum Gasteiger partial charge on any atom is 0.354 e. The molecule has 2 aromatic rings. The molecule has 1 aliphatic heterocycles. The number of piperidine rings is 1. The van der Waals surface area contributed by atoms with Crippen molar-refractivity contribution in [3.05, 3.63) is 35.1 Å². The summed E-state index contributed by atoms with van der Waals surface area (Å²) in [5.41, 5.74) is 1.65. The quantitative estimate of drug-likeness (QED) is 0.695. The van der Waals surface area contributed by atoms with E-state index in [1.807, 2.05) is 27.8 Å². The van der Waals surface area contributed by atoms with E-state index >= 15 is 0 Å². The number of esters is 1. The van der Waals surface area contributed by atoms with Gasteiger partial charge in [0.1, 0.15) is 5.69 Å². The summed E-state index contributed by atoms with van der Waals surface area (Å²) < 4.78 is 6.93. The molecule has 0 aromatic carbocycles. The van der Waals surface area contributed by atoms with Crippen LogP contribution in [0.3, 0.4) is 0 Å².